The van der Waals surface area contributed by atoms with E-state index in [2.05, 4.69) is 10.3 Å². The molecule has 2 aromatic rings. The summed E-state index contributed by atoms with van der Waals surface area (Å²) in [6, 6.07) is 7.60. The van der Waals surface area contributed by atoms with Crippen LogP contribution in [0.2, 0.25) is 0 Å². The first-order valence-electron chi connectivity index (χ1n) is 6.55. The molecule has 0 fully saturated rings. The summed E-state index contributed by atoms with van der Waals surface area (Å²) in [5.74, 6) is 2.21. The Balaban J connectivity index is 2.00. The van der Waals surface area contributed by atoms with E-state index in [9.17, 15) is 5.11 Å². The van der Waals surface area contributed by atoms with Crippen molar-refractivity contribution in [2.24, 2.45) is 0 Å². The Kier molecular flexibility index (Phi) is 3.43. The highest BCUT2D eigenvalue weighted by Crippen LogP contribution is 2.38. The molecule has 20 heavy (non-hydrogen) atoms. The summed E-state index contributed by atoms with van der Waals surface area (Å²) in [5, 5.41) is 12.7. The summed E-state index contributed by atoms with van der Waals surface area (Å²) < 4.78 is 10.7. The Hall–Kier alpha value is -2.27. The summed E-state index contributed by atoms with van der Waals surface area (Å²) in [6.07, 6.45) is 1.79. The van der Waals surface area contributed by atoms with Crippen LogP contribution in [-0.2, 0) is 6.61 Å². The predicted octanol–water partition coefficient (Wildman–Crippen LogP) is 2.40. The fraction of sp³-hybridized carbons (Fsp3) is 0.267. The van der Waals surface area contributed by atoms with Gasteiger partial charge in [0.15, 0.2) is 11.5 Å². The highest BCUT2D eigenvalue weighted by Gasteiger charge is 2.17. The monoisotopic (exact) mass is 272 g/mol. The van der Waals surface area contributed by atoms with Gasteiger partial charge in [0.25, 0.3) is 0 Å². The third-order valence-corrected chi connectivity index (χ3v) is 3.20. The van der Waals surface area contributed by atoms with Crippen LogP contribution in [0.15, 0.2) is 30.5 Å². The van der Waals surface area contributed by atoms with Crippen molar-refractivity contribution >= 4 is 5.82 Å². The number of fused-ring (bicyclic) bond motifs is 1. The van der Waals surface area contributed by atoms with Crippen LogP contribution in [0.25, 0.3) is 11.1 Å². The maximum absolute atomic E-state index is 9.52. The molecule has 0 spiro atoms. The molecule has 1 aromatic heterocycles. The number of rotatable bonds is 4. The second kappa shape index (κ2) is 5.38. The number of aliphatic hydroxyl groups is 1. The average molecular weight is 272 g/mol. The highest BCUT2D eigenvalue weighted by atomic mass is 16.7. The van der Waals surface area contributed by atoms with Gasteiger partial charge in [-0.15, -0.1) is 0 Å². The molecule has 104 valence electrons. The van der Waals surface area contributed by atoms with Crippen LogP contribution in [0.4, 0.5) is 5.82 Å². The van der Waals surface area contributed by atoms with Gasteiger partial charge >= 0.3 is 0 Å². The molecule has 1 aromatic carbocycles. The molecule has 1 aliphatic rings. The zero-order valence-corrected chi connectivity index (χ0v) is 11.2. The van der Waals surface area contributed by atoms with Crippen LogP contribution in [0, 0.1) is 0 Å². The summed E-state index contributed by atoms with van der Waals surface area (Å²) in [6.45, 7) is 3.03. The maximum atomic E-state index is 9.52. The van der Waals surface area contributed by atoms with Crippen LogP contribution in [-0.4, -0.2) is 23.4 Å². The minimum atomic E-state index is -0.0546. The fourth-order valence-electron chi connectivity index (χ4n) is 2.22. The van der Waals surface area contributed by atoms with Gasteiger partial charge in [0.1, 0.15) is 5.82 Å². The SMILES string of the molecule is CCNc1ccc(-c2cc3c(cc2CO)OCO3)cn1. The number of nitrogens with zero attached hydrogens (tertiary/aromatic N) is 1. The molecule has 0 aliphatic carbocycles. The van der Waals surface area contributed by atoms with Gasteiger partial charge in [-0.25, -0.2) is 4.98 Å². The van der Waals surface area contributed by atoms with Crippen LogP contribution in [0.5, 0.6) is 11.5 Å². The first-order chi connectivity index (χ1) is 9.81. The zero-order chi connectivity index (χ0) is 13.9. The molecule has 0 atom stereocenters. The minimum Gasteiger partial charge on any atom is -0.454 e. The molecule has 1 aliphatic heterocycles. The van der Waals surface area contributed by atoms with Crippen molar-refractivity contribution in [1.82, 2.24) is 4.98 Å². The molecule has 5 heteroatoms. The Labute approximate surface area is 117 Å². The number of pyridine rings is 1. The van der Waals surface area contributed by atoms with Crippen molar-refractivity contribution < 1.29 is 14.6 Å². The molecule has 2 heterocycles. The van der Waals surface area contributed by atoms with Gasteiger partial charge in [0.05, 0.1) is 6.61 Å². The summed E-state index contributed by atoms with van der Waals surface area (Å²) in [5.41, 5.74) is 2.65. The lowest BCUT2D eigenvalue weighted by atomic mass is 10.0. The van der Waals surface area contributed by atoms with Crippen molar-refractivity contribution in [3.8, 4) is 22.6 Å². The van der Waals surface area contributed by atoms with Gasteiger partial charge in [-0.3, -0.25) is 0 Å². The van der Waals surface area contributed by atoms with E-state index in [1.54, 1.807) is 6.20 Å². The molecule has 0 saturated heterocycles. The van der Waals surface area contributed by atoms with Crippen molar-refractivity contribution in [3.05, 3.63) is 36.0 Å². The van der Waals surface area contributed by atoms with Crippen LogP contribution < -0.4 is 14.8 Å². The average Bonchev–Trinajstić information content (AvgIpc) is 2.94. The van der Waals surface area contributed by atoms with E-state index < -0.39 is 0 Å². The van der Waals surface area contributed by atoms with Gasteiger partial charge in [-0.05, 0) is 42.3 Å². The van der Waals surface area contributed by atoms with Gasteiger partial charge in [-0.2, -0.15) is 0 Å². The number of anilines is 1. The van der Waals surface area contributed by atoms with Gasteiger partial charge in [0.2, 0.25) is 6.79 Å². The van der Waals surface area contributed by atoms with Crippen molar-refractivity contribution in [2.45, 2.75) is 13.5 Å². The number of nitrogens with one attached hydrogen (secondary N) is 1. The van der Waals surface area contributed by atoms with Gasteiger partial charge in [-0.1, -0.05) is 0 Å². The molecular weight excluding hydrogens is 256 g/mol. The number of benzene rings is 1. The van der Waals surface area contributed by atoms with Crippen LogP contribution in [0.3, 0.4) is 0 Å². The van der Waals surface area contributed by atoms with Crippen molar-refractivity contribution in [3.63, 3.8) is 0 Å². The zero-order valence-electron chi connectivity index (χ0n) is 11.2. The van der Waals surface area contributed by atoms with E-state index in [0.29, 0.717) is 11.5 Å². The predicted molar refractivity (Wildman–Crippen MR) is 75.9 cm³/mol. The molecule has 0 saturated carbocycles. The second-order valence-corrected chi connectivity index (χ2v) is 4.48. The van der Waals surface area contributed by atoms with E-state index in [0.717, 1.165) is 29.1 Å². The van der Waals surface area contributed by atoms with E-state index in [1.165, 1.54) is 0 Å². The minimum absolute atomic E-state index is 0.0546. The maximum Gasteiger partial charge on any atom is 0.231 e. The third-order valence-electron chi connectivity index (χ3n) is 3.20. The van der Waals surface area contributed by atoms with Crippen molar-refractivity contribution in [1.29, 1.82) is 0 Å². The third kappa shape index (κ3) is 2.28. The van der Waals surface area contributed by atoms with Gasteiger partial charge in [0, 0.05) is 18.3 Å². The summed E-state index contributed by atoms with van der Waals surface area (Å²) >= 11 is 0. The number of hydrogen-bond acceptors (Lipinski definition) is 5. The quantitative estimate of drug-likeness (QED) is 0.894. The molecule has 0 radical (unpaired) electrons. The number of hydrogen-bond donors (Lipinski definition) is 2. The number of aliphatic hydroxyl groups excluding tert-OH is 1. The fourth-order valence-corrected chi connectivity index (χ4v) is 2.22. The topological polar surface area (TPSA) is 63.6 Å². The van der Waals surface area contributed by atoms with Crippen molar-refractivity contribution in [2.75, 3.05) is 18.7 Å². The molecule has 0 bridgehead atoms. The molecule has 0 amide bonds. The Morgan fingerprint density at radius 3 is 2.70 bits per heavy atom. The Bertz CT molecular complexity index is 611. The smallest absolute Gasteiger partial charge is 0.231 e. The van der Waals surface area contributed by atoms with E-state index in [-0.39, 0.29) is 13.4 Å². The molecule has 3 rings (SSSR count). The molecule has 2 N–H and O–H groups in total. The first-order valence-corrected chi connectivity index (χ1v) is 6.55. The second-order valence-electron chi connectivity index (χ2n) is 4.48. The van der Waals surface area contributed by atoms with Crippen LogP contribution >= 0.6 is 0 Å². The Morgan fingerprint density at radius 1 is 1.25 bits per heavy atom. The van der Waals surface area contributed by atoms with Crippen LogP contribution in [0.1, 0.15) is 12.5 Å². The summed E-state index contributed by atoms with van der Waals surface area (Å²) in [7, 11) is 0. The highest BCUT2D eigenvalue weighted by molar-refractivity contribution is 5.71. The lowest BCUT2D eigenvalue weighted by Gasteiger charge is -2.10. The largest absolute Gasteiger partial charge is 0.454 e. The van der Waals surface area contributed by atoms with E-state index >= 15 is 0 Å². The number of aromatic nitrogens is 1. The summed E-state index contributed by atoms with van der Waals surface area (Å²) in [4.78, 5) is 4.35. The molecular formula is C15H16N2O3. The lowest BCUT2D eigenvalue weighted by Crippen LogP contribution is -1.98. The van der Waals surface area contributed by atoms with E-state index in [1.807, 2.05) is 31.2 Å². The normalized spacial score (nSPS) is 12.5. The number of ether oxygens (including phenoxy) is 2. The van der Waals surface area contributed by atoms with Gasteiger partial charge < -0.3 is 19.9 Å². The first kappa shape index (κ1) is 12.7. The molecule has 0 unspecified atom stereocenters. The van der Waals surface area contributed by atoms with E-state index in [4.69, 9.17) is 9.47 Å². The standard InChI is InChI=1S/C15H16N2O3/c1-2-16-15-4-3-10(7-17-15)12-6-14-13(19-9-20-14)5-11(12)8-18/h3-7,18H,2,8-9H2,1H3,(H,16,17). The lowest BCUT2D eigenvalue weighted by molar-refractivity contribution is 0.174. The molecule has 5 nitrogen and oxygen atoms in total. The Morgan fingerprint density at radius 2 is 2.05 bits per heavy atom.